The van der Waals surface area contributed by atoms with E-state index in [4.69, 9.17) is 35.5 Å². The first-order valence-electron chi connectivity index (χ1n) is 12.8. The van der Waals surface area contributed by atoms with Gasteiger partial charge in [0.1, 0.15) is 23.4 Å². The van der Waals surface area contributed by atoms with Crippen LogP contribution in [0.1, 0.15) is 24.0 Å². The summed E-state index contributed by atoms with van der Waals surface area (Å²) in [5, 5.41) is 1.52. The molecule has 39 heavy (non-hydrogen) atoms. The molecule has 1 aliphatic heterocycles. The molecule has 4 aromatic rings. The minimum atomic E-state index is -0.453. The van der Waals surface area contributed by atoms with Gasteiger partial charge in [0.2, 0.25) is 0 Å². The summed E-state index contributed by atoms with van der Waals surface area (Å²) >= 11 is 6.31. The zero-order valence-corrected chi connectivity index (χ0v) is 23.0. The van der Waals surface area contributed by atoms with Crippen molar-refractivity contribution in [3.8, 4) is 28.5 Å². The Kier molecular flexibility index (Phi) is 8.19. The lowest BCUT2D eigenvalue weighted by atomic mass is 10.0. The molecule has 0 N–H and O–H groups in total. The van der Waals surface area contributed by atoms with Crippen molar-refractivity contribution in [1.82, 2.24) is 9.88 Å². The summed E-state index contributed by atoms with van der Waals surface area (Å²) in [4.78, 5) is 20.6. The number of ether oxygens (including phenoxy) is 4. The van der Waals surface area contributed by atoms with Gasteiger partial charge in [0, 0.05) is 35.7 Å². The standard InChI is InChI=1S/C31H31ClN2O5/c1-36-24-10-6-20(7-11-24)18-34(31(35)29-5-4-14-39-29)19-22-15-21-8-9-23(32)16-27(21)33-30(22)26-17-25(37-2)12-13-28(26)38-3/h6-13,15-17,29H,4-5,14,18-19H2,1-3H3/t29-/m1/s1. The second-order valence-electron chi connectivity index (χ2n) is 9.44. The van der Waals surface area contributed by atoms with Gasteiger partial charge in [-0.25, -0.2) is 4.98 Å². The van der Waals surface area contributed by atoms with Gasteiger partial charge in [-0.15, -0.1) is 0 Å². The van der Waals surface area contributed by atoms with E-state index in [2.05, 4.69) is 6.07 Å². The Bertz CT molecular complexity index is 1470. The van der Waals surface area contributed by atoms with E-state index in [9.17, 15) is 4.79 Å². The average Bonchev–Trinajstić information content (AvgIpc) is 3.51. The van der Waals surface area contributed by atoms with Gasteiger partial charge in [-0.3, -0.25) is 4.79 Å². The Morgan fingerprint density at radius 2 is 1.72 bits per heavy atom. The summed E-state index contributed by atoms with van der Waals surface area (Å²) in [5.41, 5.74) is 4.07. The van der Waals surface area contributed by atoms with Crippen molar-refractivity contribution in [1.29, 1.82) is 0 Å². The van der Waals surface area contributed by atoms with Crippen molar-refractivity contribution < 1.29 is 23.7 Å². The highest BCUT2D eigenvalue weighted by molar-refractivity contribution is 6.31. The molecule has 2 heterocycles. The normalized spacial score (nSPS) is 14.8. The molecule has 0 unspecified atom stereocenters. The van der Waals surface area contributed by atoms with Crippen molar-refractivity contribution in [3.05, 3.63) is 82.9 Å². The number of hydrogen-bond acceptors (Lipinski definition) is 6. The number of aromatic nitrogens is 1. The summed E-state index contributed by atoms with van der Waals surface area (Å²) in [6.45, 7) is 1.33. The van der Waals surface area contributed by atoms with Crippen LogP contribution in [0.2, 0.25) is 5.02 Å². The average molecular weight is 547 g/mol. The third-order valence-corrected chi connectivity index (χ3v) is 7.17. The monoisotopic (exact) mass is 546 g/mol. The zero-order chi connectivity index (χ0) is 27.4. The number of rotatable bonds is 9. The van der Waals surface area contributed by atoms with Crippen molar-refractivity contribution >= 4 is 28.4 Å². The van der Waals surface area contributed by atoms with Gasteiger partial charge in [0.25, 0.3) is 5.91 Å². The highest BCUT2D eigenvalue weighted by atomic mass is 35.5. The van der Waals surface area contributed by atoms with E-state index in [-0.39, 0.29) is 5.91 Å². The van der Waals surface area contributed by atoms with Crippen LogP contribution in [0.5, 0.6) is 17.2 Å². The van der Waals surface area contributed by atoms with Crippen LogP contribution in [0.15, 0.2) is 66.7 Å². The quantitative estimate of drug-likeness (QED) is 0.246. The number of hydrogen-bond donors (Lipinski definition) is 0. The molecule has 1 aliphatic rings. The van der Waals surface area contributed by atoms with E-state index in [1.54, 1.807) is 21.3 Å². The van der Waals surface area contributed by atoms with Crippen molar-refractivity contribution in [2.75, 3.05) is 27.9 Å². The maximum atomic E-state index is 13.8. The Morgan fingerprint density at radius 1 is 0.949 bits per heavy atom. The second-order valence-corrected chi connectivity index (χ2v) is 9.88. The minimum Gasteiger partial charge on any atom is -0.497 e. The van der Waals surface area contributed by atoms with Crippen LogP contribution in [-0.4, -0.2) is 49.8 Å². The second kappa shape index (κ2) is 11.9. The molecule has 0 bridgehead atoms. The maximum Gasteiger partial charge on any atom is 0.252 e. The fraction of sp³-hybridized carbons (Fsp3) is 0.290. The van der Waals surface area contributed by atoms with E-state index in [1.165, 1.54) is 0 Å². The Hall–Kier alpha value is -3.81. The molecule has 1 atom stereocenters. The number of carbonyl (C=O) groups excluding carboxylic acids is 1. The Morgan fingerprint density at radius 3 is 2.41 bits per heavy atom. The molecule has 1 amide bonds. The first kappa shape index (κ1) is 26.8. The highest BCUT2D eigenvalue weighted by Gasteiger charge is 2.29. The number of benzene rings is 3. The summed E-state index contributed by atoms with van der Waals surface area (Å²) in [5.74, 6) is 2.05. The topological polar surface area (TPSA) is 70.1 Å². The number of fused-ring (bicyclic) bond motifs is 1. The lowest BCUT2D eigenvalue weighted by Crippen LogP contribution is -2.38. The van der Waals surface area contributed by atoms with Crippen molar-refractivity contribution in [2.24, 2.45) is 0 Å². The Balaban J connectivity index is 1.61. The molecule has 0 spiro atoms. The maximum absolute atomic E-state index is 13.8. The molecule has 5 rings (SSSR count). The van der Waals surface area contributed by atoms with Gasteiger partial charge < -0.3 is 23.8 Å². The van der Waals surface area contributed by atoms with Gasteiger partial charge in [-0.1, -0.05) is 29.8 Å². The van der Waals surface area contributed by atoms with Crippen molar-refractivity contribution in [2.45, 2.75) is 32.0 Å². The molecule has 0 radical (unpaired) electrons. The van der Waals surface area contributed by atoms with E-state index < -0.39 is 6.10 Å². The molecule has 0 aliphatic carbocycles. The van der Waals surface area contributed by atoms with Crippen LogP contribution in [0, 0.1) is 0 Å². The van der Waals surface area contributed by atoms with E-state index in [0.29, 0.717) is 48.3 Å². The Labute approximate surface area is 233 Å². The van der Waals surface area contributed by atoms with E-state index >= 15 is 0 Å². The van der Waals surface area contributed by atoms with Crippen LogP contribution in [-0.2, 0) is 22.6 Å². The van der Waals surface area contributed by atoms with Crippen LogP contribution >= 0.6 is 11.6 Å². The number of amides is 1. The highest BCUT2D eigenvalue weighted by Crippen LogP contribution is 2.37. The van der Waals surface area contributed by atoms with Gasteiger partial charge in [0.05, 0.1) is 32.5 Å². The molecule has 1 saturated heterocycles. The number of nitrogens with zero attached hydrogens (tertiary/aromatic N) is 2. The lowest BCUT2D eigenvalue weighted by molar-refractivity contribution is -0.142. The summed E-state index contributed by atoms with van der Waals surface area (Å²) in [7, 11) is 4.88. The third-order valence-electron chi connectivity index (χ3n) is 6.93. The predicted octanol–water partition coefficient (Wildman–Crippen LogP) is 6.29. The van der Waals surface area contributed by atoms with Gasteiger partial charge in [0.15, 0.2) is 0 Å². The number of carbonyl (C=O) groups is 1. The molecular formula is C31H31ClN2O5. The van der Waals surface area contributed by atoms with Crippen molar-refractivity contribution in [3.63, 3.8) is 0 Å². The lowest BCUT2D eigenvalue weighted by Gasteiger charge is -2.27. The molecular weight excluding hydrogens is 516 g/mol. The molecule has 7 nitrogen and oxygen atoms in total. The third kappa shape index (κ3) is 5.95. The van der Waals surface area contributed by atoms with Gasteiger partial charge in [-0.05, 0) is 72.5 Å². The molecule has 3 aromatic carbocycles. The van der Waals surface area contributed by atoms with Gasteiger partial charge >= 0.3 is 0 Å². The number of pyridine rings is 1. The summed E-state index contributed by atoms with van der Waals surface area (Å²) in [6.07, 6.45) is 1.13. The zero-order valence-electron chi connectivity index (χ0n) is 22.3. The largest absolute Gasteiger partial charge is 0.497 e. The smallest absolute Gasteiger partial charge is 0.252 e. The molecule has 1 aromatic heterocycles. The number of halogens is 1. The fourth-order valence-corrected chi connectivity index (χ4v) is 5.05. The minimum absolute atomic E-state index is 0.0388. The van der Waals surface area contributed by atoms with E-state index in [1.807, 2.05) is 65.6 Å². The van der Waals surface area contributed by atoms with E-state index in [0.717, 1.165) is 39.8 Å². The van der Waals surface area contributed by atoms with Crippen LogP contribution in [0.4, 0.5) is 0 Å². The first-order valence-corrected chi connectivity index (χ1v) is 13.2. The summed E-state index contributed by atoms with van der Waals surface area (Å²) < 4.78 is 22.3. The van der Waals surface area contributed by atoms with Gasteiger partial charge in [-0.2, -0.15) is 0 Å². The summed E-state index contributed by atoms with van der Waals surface area (Å²) in [6, 6.07) is 21.0. The molecule has 8 heteroatoms. The van der Waals surface area contributed by atoms with Crippen LogP contribution in [0.3, 0.4) is 0 Å². The van der Waals surface area contributed by atoms with Crippen LogP contribution < -0.4 is 14.2 Å². The SMILES string of the molecule is COc1ccc(CN(Cc2cc3ccc(Cl)cc3nc2-c2cc(OC)ccc2OC)C(=O)[C@H]2CCCO2)cc1. The molecule has 0 saturated carbocycles. The fourth-order valence-electron chi connectivity index (χ4n) is 4.88. The predicted molar refractivity (Wildman–Crippen MR) is 152 cm³/mol. The molecule has 1 fully saturated rings. The molecule has 202 valence electrons. The van der Waals surface area contributed by atoms with Crippen LogP contribution in [0.25, 0.3) is 22.2 Å². The number of methoxy groups -OCH3 is 3. The first-order chi connectivity index (χ1) is 19.0.